The summed E-state index contributed by atoms with van der Waals surface area (Å²) in [6, 6.07) is 8.47. The van der Waals surface area contributed by atoms with E-state index in [-0.39, 0.29) is 0 Å². The Hall–Kier alpha value is -1.97. The maximum absolute atomic E-state index is 4.51. The average Bonchev–Trinajstić information content (AvgIpc) is 2.86. The molecule has 1 aliphatic rings. The number of nitrogens with one attached hydrogen (secondary N) is 2. The van der Waals surface area contributed by atoms with Crippen LogP contribution in [0.2, 0.25) is 0 Å². The summed E-state index contributed by atoms with van der Waals surface area (Å²) in [5.41, 5.74) is 2.49. The van der Waals surface area contributed by atoms with Gasteiger partial charge in [-0.25, -0.2) is 0 Å². The fourth-order valence-electron chi connectivity index (χ4n) is 2.38. The molecule has 1 aliphatic heterocycles. The van der Waals surface area contributed by atoms with Crippen LogP contribution in [0.4, 0.5) is 0 Å². The molecule has 1 aromatic heterocycles. The van der Waals surface area contributed by atoms with Gasteiger partial charge in [-0.3, -0.25) is 4.99 Å². The van der Waals surface area contributed by atoms with Crippen molar-refractivity contribution in [1.82, 2.24) is 15.2 Å². The Balaban J connectivity index is 1.77. The highest BCUT2D eigenvalue weighted by Gasteiger charge is 2.10. The SMILES string of the molecule is CN1CCCN=C1NCc1cccc2cc[nH]c12. The minimum atomic E-state index is 0.807. The van der Waals surface area contributed by atoms with E-state index < -0.39 is 0 Å². The first kappa shape index (κ1) is 11.1. The van der Waals surface area contributed by atoms with Gasteiger partial charge < -0.3 is 15.2 Å². The van der Waals surface area contributed by atoms with Crippen molar-refractivity contribution in [3.63, 3.8) is 0 Å². The van der Waals surface area contributed by atoms with Gasteiger partial charge in [-0.15, -0.1) is 0 Å². The zero-order valence-corrected chi connectivity index (χ0v) is 10.6. The number of benzene rings is 1. The van der Waals surface area contributed by atoms with Crippen molar-refractivity contribution in [2.45, 2.75) is 13.0 Å². The van der Waals surface area contributed by atoms with Crippen LogP contribution in [0.5, 0.6) is 0 Å². The summed E-state index contributed by atoms with van der Waals surface area (Å²) in [4.78, 5) is 9.99. The number of para-hydroxylation sites is 1. The van der Waals surface area contributed by atoms with E-state index in [1.165, 1.54) is 16.5 Å². The van der Waals surface area contributed by atoms with Gasteiger partial charge in [0, 0.05) is 32.9 Å². The first-order valence-corrected chi connectivity index (χ1v) is 6.39. The summed E-state index contributed by atoms with van der Waals surface area (Å²) in [6.07, 6.45) is 3.13. The van der Waals surface area contributed by atoms with Gasteiger partial charge in [0.05, 0.1) is 5.52 Å². The lowest BCUT2D eigenvalue weighted by Gasteiger charge is -2.25. The average molecular weight is 242 g/mol. The predicted octanol–water partition coefficient (Wildman–Crippen LogP) is 1.95. The maximum atomic E-state index is 4.51. The Morgan fingerprint density at radius 2 is 2.33 bits per heavy atom. The molecule has 0 fully saturated rings. The van der Waals surface area contributed by atoms with Gasteiger partial charge in [0.1, 0.15) is 0 Å². The minimum Gasteiger partial charge on any atom is -0.361 e. The fourth-order valence-corrected chi connectivity index (χ4v) is 2.38. The topological polar surface area (TPSA) is 43.4 Å². The van der Waals surface area contributed by atoms with E-state index >= 15 is 0 Å². The van der Waals surface area contributed by atoms with E-state index in [4.69, 9.17) is 0 Å². The molecular formula is C14H18N4. The molecule has 0 atom stereocenters. The third kappa shape index (κ3) is 2.06. The molecule has 0 amide bonds. The van der Waals surface area contributed by atoms with Crippen molar-refractivity contribution in [3.8, 4) is 0 Å². The lowest BCUT2D eigenvalue weighted by atomic mass is 10.1. The molecule has 0 radical (unpaired) electrons. The van der Waals surface area contributed by atoms with Crippen molar-refractivity contribution < 1.29 is 0 Å². The molecule has 3 rings (SSSR count). The number of hydrogen-bond acceptors (Lipinski definition) is 3. The number of hydrogen-bond donors (Lipinski definition) is 2. The maximum Gasteiger partial charge on any atom is 0.193 e. The number of nitrogens with zero attached hydrogens (tertiary/aromatic N) is 2. The van der Waals surface area contributed by atoms with Crippen molar-refractivity contribution in [2.75, 3.05) is 20.1 Å². The van der Waals surface area contributed by atoms with Gasteiger partial charge in [0.2, 0.25) is 0 Å². The van der Waals surface area contributed by atoms with Crippen molar-refractivity contribution >= 4 is 16.9 Å². The molecular weight excluding hydrogens is 224 g/mol. The molecule has 18 heavy (non-hydrogen) atoms. The quantitative estimate of drug-likeness (QED) is 0.845. The molecule has 0 spiro atoms. The summed E-state index contributed by atoms with van der Waals surface area (Å²) in [5, 5.41) is 4.68. The lowest BCUT2D eigenvalue weighted by Crippen LogP contribution is -2.41. The Morgan fingerprint density at radius 3 is 3.22 bits per heavy atom. The van der Waals surface area contributed by atoms with Crippen LogP contribution < -0.4 is 5.32 Å². The molecule has 2 aromatic rings. The van der Waals surface area contributed by atoms with Crippen LogP contribution in [0.1, 0.15) is 12.0 Å². The molecule has 0 aliphatic carbocycles. The molecule has 2 heterocycles. The number of aliphatic imine (C=N–C) groups is 1. The summed E-state index contributed by atoms with van der Waals surface area (Å²) in [5.74, 6) is 1.00. The van der Waals surface area contributed by atoms with Crippen molar-refractivity contribution in [1.29, 1.82) is 0 Å². The number of aromatic nitrogens is 1. The number of fused-ring (bicyclic) bond motifs is 1. The highest BCUT2D eigenvalue weighted by molar-refractivity contribution is 5.84. The zero-order valence-electron chi connectivity index (χ0n) is 10.6. The monoisotopic (exact) mass is 242 g/mol. The third-order valence-electron chi connectivity index (χ3n) is 3.39. The van der Waals surface area contributed by atoms with Gasteiger partial charge in [-0.2, -0.15) is 0 Å². The van der Waals surface area contributed by atoms with Gasteiger partial charge >= 0.3 is 0 Å². The van der Waals surface area contributed by atoms with Crippen LogP contribution in [0.15, 0.2) is 35.5 Å². The number of guanidine groups is 1. The zero-order chi connectivity index (χ0) is 12.4. The van der Waals surface area contributed by atoms with E-state index in [9.17, 15) is 0 Å². The molecule has 2 N–H and O–H groups in total. The van der Waals surface area contributed by atoms with Gasteiger partial charge in [0.15, 0.2) is 5.96 Å². The minimum absolute atomic E-state index is 0.807. The molecule has 0 bridgehead atoms. The Morgan fingerprint density at radius 1 is 1.39 bits per heavy atom. The number of rotatable bonds is 2. The fraction of sp³-hybridized carbons (Fsp3) is 0.357. The van der Waals surface area contributed by atoms with Gasteiger partial charge in [-0.1, -0.05) is 18.2 Å². The second kappa shape index (κ2) is 4.72. The molecule has 4 nitrogen and oxygen atoms in total. The van der Waals surface area contributed by atoms with E-state index in [0.29, 0.717) is 0 Å². The predicted molar refractivity (Wildman–Crippen MR) is 74.7 cm³/mol. The Kier molecular flexibility index (Phi) is 2.92. The highest BCUT2D eigenvalue weighted by Crippen LogP contribution is 2.16. The standard InChI is InChI=1S/C14H18N4/c1-18-9-3-7-16-14(18)17-10-12-5-2-4-11-6-8-15-13(11)12/h2,4-6,8,15H,3,7,9-10H2,1H3,(H,16,17). The van der Waals surface area contributed by atoms with Crippen LogP contribution in [-0.4, -0.2) is 36.0 Å². The number of aromatic amines is 1. The van der Waals surface area contributed by atoms with Crippen LogP contribution in [0, 0.1) is 0 Å². The van der Waals surface area contributed by atoms with Crippen molar-refractivity contribution in [3.05, 3.63) is 36.0 Å². The highest BCUT2D eigenvalue weighted by atomic mass is 15.3. The lowest BCUT2D eigenvalue weighted by molar-refractivity contribution is 0.446. The third-order valence-corrected chi connectivity index (χ3v) is 3.39. The summed E-state index contributed by atoms with van der Waals surface area (Å²) < 4.78 is 0. The Bertz CT molecular complexity index is 570. The van der Waals surface area contributed by atoms with E-state index in [2.05, 4.69) is 51.5 Å². The smallest absolute Gasteiger partial charge is 0.193 e. The largest absolute Gasteiger partial charge is 0.361 e. The second-order valence-electron chi connectivity index (χ2n) is 4.69. The molecule has 0 saturated heterocycles. The molecule has 1 aromatic carbocycles. The van der Waals surface area contributed by atoms with Gasteiger partial charge in [0.25, 0.3) is 0 Å². The first-order valence-electron chi connectivity index (χ1n) is 6.39. The summed E-state index contributed by atoms with van der Waals surface area (Å²) in [7, 11) is 2.08. The van der Waals surface area contributed by atoms with Gasteiger partial charge in [-0.05, 0) is 23.4 Å². The van der Waals surface area contributed by atoms with E-state index in [0.717, 1.165) is 32.0 Å². The van der Waals surface area contributed by atoms with Crippen LogP contribution >= 0.6 is 0 Å². The molecule has 0 saturated carbocycles. The Labute approximate surface area is 107 Å². The summed E-state index contributed by atoms with van der Waals surface area (Å²) in [6.45, 7) is 2.82. The van der Waals surface area contributed by atoms with Crippen LogP contribution in [0.25, 0.3) is 10.9 Å². The molecule has 94 valence electrons. The molecule has 0 unspecified atom stereocenters. The summed E-state index contributed by atoms with van der Waals surface area (Å²) >= 11 is 0. The van der Waals surface area contributed by atoms with Crippen LogP contribution in [0.3, 0.4) is 0 Å². The first-order chi connectivity index (χ1) is 8.84. The molecule has 4 heteroatoms. The number of H-pyrrole nitrogens is 1. The van der Waals surface area contributed by atoms with E-state index in [1.54, 1.807) is 0 Å². The van der Waals surface area contributed by atoms with E-state index in [1.807, 2.05) is 6.20 Å². The normalized spacial score (nSPS) is 15.8. The van der Waals surface area contributed by atoms with Crippen molar-refractivity contribution in [2.24, 2.45) is 4.99 Å². The second-order valence-corrected chi connectivity index (χ2v) is 4.69. The van der Waals surface area contributed by atoms with Crippen LogP contribution in [-0.2, 0) is 6.54 Å².